The molecule has 0 heterocycles. The van der Waals surface area contributed by atoms with Crippen LogP contribution >= 0.6 is 11.6 Å². The number of hydrogen-bond donors (Lipinski definition) is 1. The van der Waals surface area contributed by atoms with Crippen LogP contribution in [0.4, 0.5) is 0 Å². The quantitative estimate of drug-likeness (QED) is 0.418. The molecule has 0 saturated carbocycles. The first kappa shape index (κ1) is 20.5. The van der Waals surface area contributed by atoms with Gasteiger partial charge < -0.3 is 5.73 Å². The summed E-state index contributed by atoms with van der Waals surface area (Å²) in [4.78, 5) is 0. The first-order chi connectivity index (χ1) is 10.9. The summed E-state index contributed by atoms with van der Waals surface area (Å²) in [5, 5.41) is 0.873. The van der Waals surface area contributed by atoms with Crippen LogP contribution in [0.1, 0.15) is 84.1 Å². The second-order valence-corrected chi connectivity index (χ2v) is 7.98. The van der Waals surface area contributed by atoms with Gasteiger partial charge in [0, 0.05) is 10.6 Å². The Morgan fingerprint density at radius 1 is 0.957 bits per heavy atom. The summed E-state index contributed by atoms with van der Waals surface area (Å²) < 4.78 is 0. The standard InChI is InChI=1S/C21H36ClN/c1-4-5-6-7-8-9-10-11-15-19(21(2,3)23)17-18-14-12-13-16-20(18)22/h12-14,16,19H,4-11,15,17,23H2,1-3H3. The van der Waals surface area contributed by atoms with Crippen LogP contribution < -0.4 is 5.73 Å². The van der Waals surface area contributed by atoms with Crippen molar-refractivity contribution in [3.8, 4) is 0 Å². The molecule has 2 heteroatoms. The van der Waals surface area contributed by atoms with Gasteiger partial charge in [-0.25, -0.2) is 0 Å². The van der Waals surface area contributed by atoms with Crippen LogP contribution in [-0.2, 0) is 6.42 Å². The molecule has 0 aliphatic carbocycles. The summed E-state index contributed by atoms with van der Waals surface area (Å²) in [6, 6.07) is 8.17. The van der Waals surface area contributed by atoms with Crippen molar-refractivity contribution in [1.29, 1.82) is 0 Å². The molecule has 1 unspecified atom stereocenters. The van der Waals surface area contributed by atoms with Crippen molar-refractivity contribution in [1.82, 2.24) is 0 Å². The highest BCUT2D eigenvalue weighted by molar-refractivity contribution is 6.31. The lowest BCUT2D eigenvalue weighted by molar-refractivity contribution is 0.290. The largest absolute Gasteiger partial charge is 0.325 e. The van der Waals surface area contributed by atoms with E-state index in [1.165, 1.54) is 63.4 Å². The maximum atomic E-state index is 6.43. The van der Waals surface area contributed by atoms with Crippen molar-refractivity contribution in [2.75, 3.05) is 0 Å². The topological polar surface area (TPSA) is 26.0 Å². The minimum absolute atomic E-state index is 0.152. The summed E-state index contributed by atoms with van der Waals surface area (Å²) in [5.41, 5.74) is 7.51. The highest BCUT2D eigenvalue weighted by Gasteiger charge is 2.25. The van der Waals surface area contributed by atoms with Crippen LogP contribution in [0.15, 0.2) is 24.3 Å². The van der Waals surface area contributed by atoms with E-state index in [2.05, 4.69) is 32.9 Å². The van der Waals surface area contributed by atoms with Gasteiger partial charge in [-0.05, 0) is 44.2 Å². The highest BCUT2D eigenvalue weighted by atomic mass is 35.5. The maximum absolute atomic E-state index is 6.43. The van der Waals surface area contributed by atoms with Crippen molar-refractivity contribution in [3.63, 3.8) is 0 Å². The minimum Gasteiger partial charge on any atom is -0.325 e. The fourth-order valence-corrected chi connectivity index (χ4v) is 3.40. The summed E-state index contributed by atoms with van der Waals surface area (Å²) in [7, 11) is 0. The number of rotatable bonds is 12. The zero-order valence-electron chi connectivity index (χ0n) is 15.4. The Balaban J connectivity index is 2.34. The predicted octanol–water partition coefficient (Wildman–Crippen LogP) is 6.77. The molecule has 1 atom stereocenters. The van der Waals surface area contributed by atoms with Gasteiger partial charge >= 0.3 is 0 Å². The molecule has 0 aliphatic heterocycles. The third kappa shape index (κ3) is 8.77. The minimum atomic E-state index is -0.152. The van der Waals surface area contributed by atoms with Gasteiger partial charge in [0.15, 0.2) is 0 Å². The second kappa shape index (κ2) is 11.1. The Hall–Kier alpha value is -0.530. The molecule has 0 fully saturated rings. The number of unbranched alkanes of at least 4 members (excludes halogenated alkanes) is 7. The summed E-state index contributed by atoms with van der Waals surface area (Å²) in [6.45, 7) is 6.58. The molecule has 0 spiro atoms. The molecule has 0 radical (unpaired) electrons. The molecule has 0 aromatic heterocycles. The van der Waals surface area contributed by atoms with Crippen LogP contribution in [0.2, 0.25) is 5.02 Å². The fraction of sp³-hybridized carbons (Fsp3) is 0.714. The van der Waals surface area contributed by atoms with Gasteiger partial charge in [-0.1, -0.05) is 88.1 Å². The lowest BCUT2D eigenvalue weighted by Gasteiger charge is -2.31. The molecule has 1 aromatic rings. The van der Waals surface area contributed by atoms with E-state index in [1.54, 1.807) is 0 Å². The molecule has 0 saturated heterocycles. The Bertz CT molecular complexity index is 422. The Kier molecular flexibility index (Phi) is 9.90. The molecular formula is C21H36ClN. The maximum Gasteiger partial charge on any atom is 0.0438 e. The van der Waals surface area contributed by atoms with Crippen LogP contribution in [0, 0.1) is 5.92 Å². The van der Waals surface area contributed by atoms with E-state index >= 15 is 0 Å². The van der Waals surface area contributed by atoms with Crippen molar-refractivity contribution in [3.05, 3.63) is 34.9 Å². The Labute approximate surface area is 149 Å². The third-order valence-electron chi connectivity index (χ3n) is 4.88. The number of halogens is 1. The Morgan fingerprint density at radius 2 is 1.52 bits per heavy atom. The van der Waals surface area contributed by atoms with E-state index in [-0.39, 0.29) is 5.54 Å². The molecule has 132 valence electrons. The van der Waals surface area contributed by atoms with Crippen molar-refractivity contribution in [2.24, 2.45) is 11.7 Å². The smallest absolute Gasteiger partial charge is 0.0438 e. The molecular weight excluding hydrogens is 302 g/mol. The van der Waals surface area contributed by atoms with Crippen molar-refractivity contribution >= 4 is 11.6 Å². The van der Waals surface area contributed by atoms with E-state index in [4.69, 9.17) is 17.3 Å². The number of nitrogens with two attached hydrogens (primary N) is 1. The van der Waals surface area contributed by atoms with Gasteiger partial charge in [0.1, 0.15) is 0 Å². The van der Waals surface area contributed by atoms with Gasteiger partial charge in [-0.3, -0.25) is 0 Å². The van der Waals surface area contributed by atoms with Gasteiger partial charge in [0.05, 0.1) is 0 Å². The normalized spacial score (nSPS) is 13.3. The van der Waals surface area contributed by atoms with E-state index in [1.807, 2.05) is 12.1 Å². The van der Waals surface area contributed by atoms with Gasteiger partial charge in [-0.2, -0.15) is 0 Å². The van der Waals surface area contributed by atoms with E-state index in [0.29, 0.717) is 5.92 Å². The zero-order chi connectivity index (χ0) is 17.1. The molecule has 2 N–H and O–H groups in total. The van der Waals surface area contributed by atoms with E-state index < -0.39 is 0 Å². The van der Waals surface area contributed by atoms with Crippen LogP contribution in [0.5, 0.6) is 0 Å². The molecule has 23 heavy (non-hydrogen) atoms. The van der Waals surface area contributed by atoms with Crippen molar-refractivity contribution in [2.45, 2.75) is 90.5 Å². The van der Waals surface area contributed by atoms with Crippen LogP contribution in [0.25, 0.3) is 0 Å². The second-order valence-electron chi connectivity index (χ2n) is 7.58. The summed E-state index contributed by atoms with van der Waals surface area (Å²) in [5.74, 6) is 0.488. The first-order valence-electron chi connectivity index (χ1n) is 9.47. The number of hydrogen-bond acceptors (Lipinski definition) is 1. The first-order valence-corrected chi connectivity index (χ1v) is 9.85. The molecule has 1 nitrogen and oxygen atoms in total. The zero-order valence-corrected chi connectivity index (χ0v) is 16.2. The summed E-state index contributed by atoms with van der Waals surface area (Å²) >= 11 is 6.32. The number of benzene rings is 1. The van der Waals surface area contributed by atoms with Gasteiger partial charge in [0.25, 0.3) is 0 Å². The van der Waals surface area contributed by atoms with Gasteiger partial charge in [0.2, 0.25) is 0 Å². The summed E-state index contributed by atoms with van der Waals surface area (Å²) in [6.07, 6.45) is 13.1. The molecule has 1 aromatic carbocycles. The van der Waals surface area contributed by atoms with Crippen molar-refractivity contribution < 1.29 is 0 Å². The monoisotopic (exact) mass is 337 g/mol. The average Bonchev–Trinajstić information content (AvgIpc) is 2.49. The van der Waals surface area contributed by atoms with Gasteiger partial charge in [-0.15, -0.1) is 0 Å². The SMILES string of the molecule is CCCCCCCCCCC(Cc1ccccc1Cl)C(C)(C)N. The van der Waals surface area contributed by atoms with Crippen LogP contribution in [-0.4, -0.2) is 5.54 Å². The molecule has 0 bridgehead atoms. The highest BCUT2D eigenvalue weighted by Crippen LogP contribution is 2.28. The predicted molar refractivity (Wildman–Crippen MR) is 104 cm³/mol. The fourth-order valence-electron chi connectivity index (χ4n) is 3.19. The molecule has 0 aliphatic rings. The van der Waals surface area contributed by atoms with E-state index in [9.17, 15) is 0 Å². The molecule has 1 rings (SSSR count). The Morgan fingerprint density at radius 3 is 2.09 bits per heavy atom. The van der Waals surface area contributed by atoms with E-state index in [0.717, 1.165) is 11.4 Å². The third-order valence-corrected chi connectivity index (χ3v) is 5.25. The lowest BCUT2D eigenvalue weighted by atomic mass is 9.80. The van der Waals surface area contributed by atoms with Crippen LogP contribution in [0.3, 0.4) is 0 Å². The average molecular weight is 338 g/mol. The molecule has 0 amide bonds. The lowest BCUT2D eigenvalue weighted by Crippen LogP contribution is -2.42.